The number of aromatic hydroxyl groups is 1. The molecule has 0 aliphatic heterocycles. The second-order valence-electron chi connectivity index (χ2n) is 6.15. The highest BCUT2D eigenvalue weighted by Crippen LogP contribution is 2.47. The van der Waals surface area contributed by atoms with E-state index in [-0.39, 0.29) is 5.16 Å². The van der Waals surface area contributed by atoms with E-state index in [1.165, 1.54) is 22.0 Å². The van der Waals surface area contributed by atoms with Gasteiger partial charge in [0.2, 0.25) is 0 Å². The Bertz CT molecular complexity index is 668. The molecule has 0 radical (unpaired) electrons. The van der Waals surface area contributed by atoms with E-state index >= 15 is 0 Å². The average molecular weight is 332 g/mol. The second-order valence-corrected chi connectivity index (χ2v) is 8.36. The van der Waals surface area contributed by atoms with Gasteiger partial charge in [-0.3, -0.25) is 0 Å². The maximum Gasteiger partial charge on any atom is 0.119 e. The van der Waals surface area contributed by atoms with Gasteiger partial charge < -0.3 is 5.11 Å². The van der Waals surface area contributed by atoms with E-state index < -0.39 is 0 Å². The molecule has 1 nitrogen and oxygen atoms in total. The normalized spacial score (nSPS) is 14.4. The molecule has 0 amide bonds. The second kappa shape index (κ2) is 7.06. The molecular formula is C19H25OPS. The molecule has 2 atom stereocenters. The molecule has 2 rings (SSSR count). The summed E-state index contributed by atoms with van der Waals surface area (Å²) in [6.45, 7) is 8.64. The molecule has 118 valence electrons. The quantitative estimate of drug-likeness (QED) is 0.579. The lowest BCUT2D eigenvalue weighted by atomic mass is 9.95. The van der Waals surface area contributed by atoms with Gasteiger partial charge in [0.25, 0.3) is 0 Å². The molecule has 0 saturated carbocycles. The summed E-state index contributed by atoms with van der Waals surface area (Å²) >= 11 is 4.49. The number of benzene rings is 2. The van der Waals surface area contributed by atoms with Gasteiger partial charge in [-0.05, 0) is 37.2 Å². The van der Waals surface area contributed by atoms with E-state index in [1.54, 1.807) is 0 Å². The van der Waals surface area contributed by atoms with Crippen LogP contribution in [-0.2, 0) is 10.9 Å². The molecule has 2 aromatic rings. The van der Waals surface area contributed by atoms with Crippen LogP contribution < -0.4 is 5.30 Å². The number of rotatable bonds is 5. The van der Waals surface area contributed by atoms with Gasteiger partial charge in [-0.2, -0.15) is 12.6 Å². The topological polar surface area (TPSA) is 20.2 Å². The zero-order valence-corrected chi connectivity index (χ0v) is 15.7. The van der Waals surface area contributed by atoms with Crippen molar-refractivity contribution >= 4 is 26.5 Å². The zero-order chi connectivity index (χ0) is 16.3. The van der Waals surface area contributed by atoms with Crippen molar-refractivity contribution in [3.8, 4) is 5.75 Å². The molecule has 2 aromatic carbocycles. The molecule has 0 heterocycles. The van der Waals surface area contributed by atoms with Gasteiger partial charge in [-0.25, -0.2) is 0 Å². The summed E-state index contributed by atoms with van der Waals surface area (Å²) in [4.78, 5) is 0. The van der Waals surface area contributed by atoms with Crippen molar-refractivity contribution in [2.45, 2.75) is 45.0 Å². The van der Waals surface area contributed by atoms with E-state index in [2.05, 4.69) is 64.6 Å². The first-order chi connectivity index (χ1) is 10.4. The fourth-order valence-corrected chi connectivity index (χ4v) is 4.71. The Kier molecular flexibility index (Phi) is 5.58. The molecule has 1 N–H and O–H groups in total. The third-order valence-electron chi connectivity index (χ3n) is 4.30. The Morgan fingerprint density at radius 3 is 2.36 bits per heavy atom. The van der Waals surface area contributed by atoms with E-state index in [4.69, 9.17) is 0 Å². The Hall–Kier alpha value is -0.980. The average Bonchev–Trinajstić information content (AvgIpc) is 2.51. The number of phenols is 1. The van der Waals surface area contributed by atoms with Crippen molar-refractivity contribution in [2.24, 2.45) is 0 Å². The fraction of sp³-hybridized carbons (Fsp3) is 0.368. The van der Waals surface area contributed by atoms with Crippen molar-refractivity contribution in [2.75, 3.05) is 0 Å². The summed E-state index contributed by atoms with van der Waals surface area (Å²) in [6.07, 6.45) is 0.988. The Balaban J connectivity index is 2.45. The molecule has 2 unspecified atom stereocenters. The summed E-state index contributed by atoms with van der Waals surface area (Å²) in [5.41, 5.74) is 4.82. The van der Waals surface area contributed by atoms with Crippen molar-refractivity contribution in [1.29, 1.82) is 0 Å². The predicted molar refractivity (Wildman–Crippen MR) is 102 cm³/mol. The summed E-state index contributed by atoms with van der Waals surface area (Å²) in [5.74, 6) is 1.16. The van der Waals surface area contributed by atoms with Crippen LogP contribution in [-0.4, -0.2) is 5.11 Å². The van der Waals surface area contributed by atoms with Gasteiger partial charge in [0.15, 0.2) is 0 Å². The number of thiol groups is 1. The number of hydrogen-bond acceptors (Lipinski definition) is 2. The van der Waals surface area contributed by atoms with Crippen molar-refractivity contribution in [3.05, 3.63) is 58.7 Å². The molecule has 0 aliphatic rings. The minimum atomic E-state index is -0.0525. The highest BCUT2D eigenvalue weighted by Gasteiger charge is 2.28. The lowest BCUT2D eigenvalue weighted by Gasteiger charge is -2.31. The maximum atomic E-state index is 10.3. The van der Waals surface area contributed by atoms with Gasteiger partial charge in [-0.15, -0.1) is 0 Å². The fourth-order valence-electron chi connectivity index (χ4n) is 2.71. The largest absolute Gasteiger partial charge is 0.508 e. The smallest absolute Gasteiger partial charge is 0.119 e. The van der Waals surface area contributed by atoms with Crippen molar-refractivity contribution < 1.29 is 5.11 Å². The van der Waals surface area contributed by atoms with Crippen LogP contribution in [0.15, 0.2) is 36.4 Å². The van der Waals surface area contributed by atoms with Crippen LogP contribution in [0.1, 0.15) is 42.5 Å². The third kappa shape index (κ3) is 3.67. The Morgan fingerprint density at radius 1 is 1.09 bits per heavy atom. The van der Waals surface area contributed by atoms with Gasteiger partial charge in [-0.1, -0.05) is 63.9 Å². The molecule has 22 heavy (non-hydrogen) atoms. The van der Waals surface area contributed by atoms with Gasteiger partial charge in [0, 0.05) is 16.5 Å². The van der Waals surface area contributed by atoms with E-state index in [1.807, 2.05) is 12.1 Å². The zero-order valence-electron chi connectivity index (χ0n) is 13.8. The third-order valence-corrected chi connectivity index (χ3v) is 6.57. The highest BCUT2D eigenvalue weighted by molar-refractivity contribution is 7.79. The summed E-state index contributed by atoms with van der Waals surface area (Å²) in [5, 5.41) is 11.6. The summed E-state index contributed by atoms with van der Waals surface area (Å²) < 4.78 is 0. The van der Waals surface area contributed by atoms with Crippen LogP contribution in [0.2, 0.25) is 0 Å². The first-order valence-electron chi connectivity index (χ1n) is 7.68. The first-order valence-corrected chi connectivity index (χ1v) is 9.31. The SMILES string of the molecule is CCC(C)(Pc1ccc(C)cc1CS)c1cc(C)ccc1O. The van der Waals surface area contributed by atoms with Crippen LogP contribution >= 0.6 is 21.2 Å². The Morgan fingerprint density at radius 2 is 1.73 bits per heavy atom. The highest BCUT2D eigenvalue weighted by atomic mass is 32.1. The van der Waals surface area contributed by atoms with Crippen LogP contribution in [0.4, 0.5) is 0 Å². The van der Waals surface area contributed by atoms with Crippen molar-refractivity contribution in [1.82, 2.24) is 0 Å². The molecule has 0 bridgehead atoms. The molecule has 0 saturated heterocycles. The summed E-state index contributed by atoms with van der Waals surface area (Å²) in [7, 11) is 0.612. The van der Waals surface area contributed by atoms with E-state index in [9.17, 15) is 5.11 Å². The van der Waals surface area contributed by atoms with E-state index in [0.717, 1.165) is 17.7 Å². The Labute approximate surface area is 141 Å². The van der Waals surface area contributed by atoms with Crippen LogP contribution in [0.25, 0.3) is 0 Å². The monoisotopic (exact) mass is 332 g/mol. The van der Waals surface area contributed by atoms with Crippen LogP contribution in [0.5, 0.6) is 5.75 Å². The molecule has 0 aromatic heterocycles. The van der Waals surface area contributed by atoms with Crippen molar-refractivity contribution in [3.63, 3.8) is 0 Å². The minimum Gasteiger partial charge on any atom is -0.508 e. The minimum absolute atomic E-state index is 0.0525. The number of aryl methyl sites for hydroxylation is 2. The molecule has 0 spiro atoms. The van der Waals surface area contributed by atoms with Gasteiger partial charge in [0.05, 0.1) is 0 Å². The lowest BCUT2D eigenvalue weighted by Crippen LogP contribution is -2.20. The van der Waals surface area contributed by atoms with Crippen LogP contribution in [0.3, 0.4) is 0 Å². The van der Waals surface area contributed by atoms with E-state index in [0.29, 0.717) is 14.3 Å². The predicted octanol–water partition coefficient (Wildman–Crippen LogP) is 5.07. The van der Waals surface area contributed by atoms with Crippen LogP contribution in [0, 0.1) is 13.8 Å². The first kappa shape index (κ1) is 17.4. The lowest BCUT2D eigenvalue weighted by molar-refractivity contribution is 0.456. The van der Waals surface area contributed by atoms with Gasteiger partial charge in [0.1, 0.15) is 5.75 Å². The number of hydrogen-bond donors (Lipinski definition) is 2. The van der Waals surface area contributed by atoms with Gasteiger partial charge >= 0.3 is 0 Å². The summed E-state index contributed by atoms with van der Waals surface area (Å²) in [6, 6.07) is 12.5. The molecular weight excluding hydrogens is 307 g/mol. The standard InChI is InChI=1S/C19H25OPS/c1-5-19(4,16-11-14(3)6-8-17(16)20)21-18-9-7-13(2)10-15(18)12-22/h6-11,20-22H,5,12H2,1-4H3. The molecule has 3 heteroatoms. The number of phenolic OH excluding ortho intramolecular Hbond substituents is 1. The maximum absolute atomic E-state index is 10.3. The molecule has 0 aliphatic carbocycles. The molecule has 0 fully saturated rings.